The lowest BCUT2D eigenvalue weighted by atomic mass is 10.1. The first kappa shape index (κ1) is 30.9. The number of fused-ring (bicyclic) bond motifs is 2. The third-order valence-electron chi connectivity index (χ3n) is 8.09. The molecule has 46 heavy (non-hydrogen) atoms. The highest BCUT2D eigenvalue weighted by Crippen LogP contribution is 2.26. The van der Waals surface area contributed by atoms with E-state index in [-0.39, 0.29) is 10.9 Å². The lowest BCUT2D eigenvalue weighted by molar-refractivity contribution is 0.301. The molecule has 6 aromatic rings. The fraction of sp³-hybridized carbons (Fsp3) is 0.250. The van der Waals surface area contributed by atoms with Gasteiger partial charge in [0.15, 0.2) is 10.9 Å². The summed E-state index contributed by atoms with van der Waals surface area (Å²) >= 11 is 0. The average molecular weight is 615 g/mol. The van der Waals surface area contributed by atoms with Gasteiger partial charge in [-0.25, -0.2) is 0 Å². The molecule has 0 fully saturated rings. The molecule has 0 unspecified atom stereocenters. The van der Waals surface area contributed by atoms with E-state index in [2.05, 4.69) is 0 Å². The molecule has 0 spiro atoms. The lowest BCUT2D eigenvalue weighted by Gasteiger charge is -2.09. The molecule has 0 amide bonds. The van der Waals surface area contributed by atoms with Gasteiger partial charge in [-0.15, -0.1) is 0 Å². The van der Waals surface area contributed by atoms with Crippen LogP contribution in [0.15, 0.2) is 128 Å². The van der Waals surface area contributed by atoms with Crippen LogP contribution < -0.4 is 20.3 Å². The van der Waals surface area contributed by atoms with Gasteiger partial charge in [0, 0.05) is 35.4 Å². The van der Waals surface area contributed by atoms with Gasteiger partial charge in [-0.2, -0.15) is 0 Å². The Labute approximate surface area is 268 Å². The molecule has 0 radical (unpaired) electrons. The van der Waals surface area contributed by atoms with E-state index in [0.717, 1.165) is 36.8 Å². The Hall–Kier alpha value is -5.10. The molecule has 2 aromatic heterocycles. The Balaban J connectivity index is 0.857. The van der Waals surface area contributed by atoms with Crippen molar-refractivity contribution in [2.24, 2.45) is 0 Å². The summed E-state index contributed by atoms with van der Waals surface area (Å²) in [6, 6.07) is 33.2. The molecule has 0 aliphatic carbocycles. The van der Waals surface area contributed by atoms with Crippen molar-refractivity contribution in [2.75, 3.05) is 13.2 Å². The summed E-state index contributed by atoms with van der Waals surface area (Å²) in [5.74, 6) is 2.55. The van der Waals surface area contributed by atoms with Crippen LogP contribution in [0.25, 0.3) is 44.6 Å². The monoisotopic (exact) mass is 614 g/mol. The smallest absolute Gasteiger partial charge is 0.193 e. The molecule has 6 rings (SSSR count). The Bertz CT molecular complexity index is 1850. The van der Waals surface area contributed by atoms with E-state index in [1.165, 1.54) is 25.7 Å². The Morgan fingerprint density at radius 1 is 0.435 bits per heavy atom. The number of hydrogen-bond acceptors (Lipinski definition) is 6. The number of hydrogen-bond donors (Lipinski definition) is 0. The summed E-state index contributed by atoms with van der Waals surface area (Å²) in [4.78, 5) is 25.2. The number of benzene rings is 4. The first-order valence-electron chi connectivity index (χ1n) is 16.2. The summed E-state index contributed by atoms with van der Waals surface area (Å²) in [6.07, 6.45) is 8.98. The average Bonchev–Trinajstić information content (AvgIpc) is 3.09. The van der Waals surface area contributed by atoms with Gasteiger partial charge in [0.2, 0.25) is 0 Å². The zero-order valence-electron chi connectivity index (χ0n) is 25.9. The van der Waals surface area contributed by atoms with E-state index < -0.39 is 0 Å². The topological polar surface area (TPSA) is 78.9 Å². The summed E-state index contributed by atoms with van der Waals surface area (Å²) < 4.78 is 24.0. The Morgan fingerprint density at radius 3 is 1.24 bits per heavy atom. The molecule has 0 aliphatic heterocycles. The minimum Gasteiger partial charge on any atom is -0.493 e. The maximum absolute atomic E-state index is 12.6. The maximum atomic E-state index is 12.6. The minimum absolute atomic E-state index is 0.0573. The van der Waals surface area contributed by atoms with Gasteiger partial charge in [-0.3, -0.25) is 9.59 Å². The second-order valence-electron chi connectivity index (χ2n) is 11.5. The van der Waals surface area contributed by atoms with Crippen LogP contribution in [0.1, 0.15) is 51.4 Å². The number of unbranched alkanes of at least 4 members (excludes halogenated alkanes) is 7. The van der Waals surface area contributed by atoms with E-state index in [1.54, 1.807) is 24.3 Å². The van der Waals surface area contributed by atoms with Crippen molar-refractivity contribution >= 4 is 21.9 Å². The molecule has 0 aliphatic rings. The van der Waals surface area contributed by atoms with E-state index in [0.29, 0.717) is 58.2 Å². The molecule has 234 valence electrons. The van der Waals surface area contributed by atoms with Crippen LogP contribution in [0.2, 0.25) is 0 Å². The predicted octanol–water partition coefficient (Wildman–Crippen LogP) is 9.81. The van der Waals surface area contributed by atoms with Crippen molar-refractivity contribution in [1.29, 1.82) is 0 Å². The summed E-state index contributed by atoms with van der Waals surface area (Å²) in [7, 11) is 0. The zero-order valence-corrected chi connectivity index (χ0v) is 25.9. The van der Waals surface area contributed by atoms with Crippen LogP contribution in [0.3, 0.4) is 0 Å². The van der Waals surface area contributed by atoms with Crippen molar-refractivity contribution in [3.8, 4) is 34.1 Å². The molecule has 0 atom stereocenters. The standard InChI is InChI=1S/C40H38O6/c41-35-27-37(29-15-9-7-10-16-29)45-39-25-31(19-21-33(35)39)43-23-13-5-3-1-2-4-6-14-24-44-32-20-22-34-36(42)28-38(46-40(34)26-32)30-17-11-8-12-18-30/h7-12,15-22,25-28H,1-6,13-14,23-24H2. The molecule has 0 N–H and O–H groups in total. The Kier molecular flexibility index (Phi) is 10.3. The SMILES string of the molecule is O=c1cc(-c2ccccc2)oc2cc(OCCCCCCCCCCOc3ccc4c(=O)cc(-c5ccccc5)oc4c3)ccc12. The van der Waals surface area contributed by atoms with Gasteiger partial charge in [0.25, 0.3) is 0 Å². The third kappa shape index (κ3) is 7.94. The quantitative estimate of drug-likeness (QED) is 0.107. The van der Waals surface area contributed by atoms with Crippen LogP contribution in [0.4, 0.5) is 0 Å². The predicted molar refractivity (Wildman–Crippen MR) is 184 cm³/mol. The van der Waals surface area contributed by atoms with E-state index in [9.17, 15) is 9.59 Å². The van der Waals surface area contributed by atoms with Crippen molar-refractivity contribution in [1.82, 2.24) is 0 Å². The molecule has 6 heteroatoms. The summed E-state index contributed by atoms with van der Waals surface area (Å²) in [6.45, 7) is 1.27. The molecule has 0 saturated carbocycles. The van der Waals surface area contributed by atoms with E-state index >= 15 is 0 Å². The van der Waals surface area contributed by atoms with Crippen molar-refractivity contribution in [2.45, 2.75) is 51.4 Å². The first-order valence-corrected chi connectivity index (χ1v) is 16.2. The van der Waals surface area contributed by atoms with Crippen LogP contribution in [-0.2, 0) is 0 Å². The summed E-state index contributed by atoms with van der Waals surface area (Å²) in [5, 5.41) is 1.11. The number of ether oxygens (including phenoxy) is 2. The van der Waals surface area contributed by atoms with Gasteiger partial charge in [-0.1, -0.05) is 99.2 Å². The first-order chi connectivity index (χ1) is 22.6. The van der Waals surface area contributed by atoms with Crippen LogP contribution in [-0.4, -0.2) is 13.2 Å². The summed E-state index contributed by atoms with van der Waals surface area (Å²) in [5.41, 5.74) is 2.71. The minimum atomic E-state index is -0.0573. The van der Waals surface area contributed by atoms with Crippen molar-refractivity contribution in [3.05, 3.63) is 130 Å². The lowest BCUT2D eigenvalue weighted by Crippen LogP contribution is -2.02. The third-order valence-corrected chi connectivity index (χ3v) is 8.09. The highest BCUT2D eigenvalue weighted by Gasteiger charge is 2.10. The molecular weight excluding hydrogens is 576 g/mol. The van der Waals surface area contributed by atoms with Gasteiger partial charge in [-0.05, 0) is 37.1 Å². The van der Waals surface area contributed by atoms with E-state index in [1.807, 2.05) is 84.9 Å². The van der Waals surface area contributed by atoms with Crippen LogP contribution in [0.5, 0.6) is 11.5 Å². The largest absolute Gasteiger partial charge is 0.493 e. The number of rotatable bonds is 15. The second kappa shape index (κ2) is 15.3. The molecule has 2 heterocycles. The normalized spacial score (nSPS) is 11.2. The highest BCUT2D eigenvalue weighted by molar-refractivity contribution is 5.81. The van der Waals surface area contributed by atoms with E-state index in [4.69, 9.17) is 18.3 Å². The second-order valence-corrected chi connectivity index (χ2v) is 11.5. The maximum Gasteiger partial charge on any atom is 0.193 e. The molecule has 0 bridgehead atoms. The van der Waals surface area contributed by atoms with Gasteiger partial charge >= 0.3 is 0 Å². The fourth-order valence-corrected chi connectivity index (χ4v) is 5.58. The highest BCUT2D eigenvalue weighted by atomic mass is 16.5. The Morgan fingerprint density at radius 2 is 0.826 bits per heavy atom. The molecular formula is C40H38O6. The van der Waals surface area contributed by atoms with Crippen LogP contribution in [0, 0.1) is 0 Å². The van der Waals surface area contributed by atoms with Crippen LogP contribution >= 0.6 is 0 Å². The molecule has 4 aromatic carbocycles. The van der Waals surface area contributed by atoms with Crippen molar-refractivity contribution in [3.63, 3.8) is 0 Å². The van der Waals surface area contributed by atoms with Gasteiger partial charge < -0.3 is 18.3 Å². The van der Waals surface area contributed by atoms with Gasteiger partial charge in [0.1, 0.15) is 34.2 Å². The van der Waals surface area contributed by atoms with Crippen molar-refractivity contribution < 1.29 is 18.3 Å². The molecule has 0 saturated heterocycles. The zero-order chi connectivity index (χ0) is 31.6. The fourth-order valence-electron chi connectivity index (χ4n) is 5.58. The van der Waals surface area contributed by atoms with Gasteiger partial charge in [0.05, 0.1) is 24.0 Å². The molecule has 6 nitrogen and oxygen atoms in total.